The van der Waals surface area contributed by atoms with Crippen molar-refractivity contribution in [1.29, 1.82) is 0 Å². The molecule has 1 unspecified atom stereocenters. The summed E-state index contributed by atoms with van der Waals surface area (Å²) in [6.45, 7) is 0.968. The van der Waals surface area contributed by atoms with Gasteiger partial charge in [0.25, 0.3) is 0 Å². The van der Waals surface area contributed by atoms with Crippen molar-refractivity contribution in [3.05, 3.63) is 0 Å². The standard InChI is InChI=1S/C9H16F3NOS/c1-14-6-8(7-2-3-7)13-4-5-15-9(10,11)12/h7-8,13H,2-6H2,1H3. The van der Waals surface area contributed by atoms with Crippen LogP contribution in [0.25, 0.3) is 0 Å². The van der Waals surface area contributed by atoms with Crippen LogP contribution in [-0.2, 0) is 4.74 Å². The SMILES string of the molecule is COCC(NCCSC(F)(F)F)C1CC1. The van der Waals surface area contributed by atoms with Crippen LogP contribution < -0.4 is 5.32 Å². The van der Waals surface area contributed by atoms with Gasteiger partial charge in [0.05, 0.1) is 6.61 Å². The summed E-state index contributed by atoms with van der Waals surface area (Å²) in [5, 5.41) is 3.11. The van der Waals surface area contributed by atoms with E-state index >= 15 is 0 Å². The summed E-state index contributed by atoms with van der Waals surface area (Å²) in [5.74, 6) is 0.664. The van der Waals surface area contributed by atoms with Gasteiger partial charge in [-0.15, -0.1) is 0 Å². The fraction of sp³-hybridized carbons (Fsp3) is 1.00. The Morgan fingerprint density at radius 2 is 2.13 bits per heavy atom. The number of halogens is 3. The van der Waals surface area contributed by atoms with Gasteiger partial charge in [-0.3, -0.25) is 0 Å². The lowest BCUT2D eigenvalue weighted by molar-refractivity contribution is -0.0327. The zero-order chi connectivity index (χ0) is 11.3. The number of hydrogen-bond donors (Lipinski definition) is 1. The molecule has 6 heteroatoms. The predicted molar refractivity (Wildman–Crippen MR) is 54.9 cm³/mol. The molecule has 1 aliphatic carbocycles. The molecule has 0 saturated heterocycles. The minimum Gasteiger partial charge on any atom is -0.383 e. The average Bonchev–Trinajstić information content (AvgIpc) is 2.91. The second-order valence-electron chi connectivity index (χ2n) is 3.65. The highest BCUT2D eigenvalue weighted by Crippen LogP contribution is 2.33. The summed E-state index contributed by atoms with van der Waals surface area (Å²) in [5.41, 5.74) is -4.11. The molecule has 1 rings (SSSR count). The molecule has 0 spiro atoms. The monoisotopic (exact) mass is 243 g/mol. The van der Waals surface area contributed by atoms with Gasteiger partial charge in [-0.05, 0) is 30.5 Å². The topological polar surface area (TPSA) is 21.3 Å². The quantitative estimate of drug-likeness (QED) is 0.693. The maximum Gasteiger partial charge on any atom is 0.441 e. The molecule has 90 valence electrons. The van der Waals surface area contributed by atoms with Crippen molar-refractivity contribution < 1.29 is 17.9 Å². The van der Waals surface area contributed by atoms with E-state index in [4.69, 9.17) is 4.74 Å². The fourth-order valence-electron chi connectivity index (χ4n) is 1.45. The van der Waals surface area contributed by atoms with Crippen LogP contribution in [0.4, 0.5) is 13.2 Å². The summed E-state index contributed by atoms with van der Waals surface area (Å²) >= 11 is 0.0225. The Kier molecular flexibility index (Phi) is 5.22. The smallest absolute Gasteiger partial charge is 0.383 e. The molecule has 0 aromatic rings. The largest absolute Gasteiger partial charge is 0.441 e. The Balaban J connectivity index is 2.06. The van der Waals surface area contributed by atoms with E-state index in [2.05, 4.69) is 5.32 Å². The number of alkyl halides is 3. The first-order valence-corrected chi connectivity index (χ1v) is 5.94. The van der Waals surface area contributed by atoms with Crippen LogP contribution in [0.5, 0.6) is 0 Å². The van der Waals surface area contributed by atoms with E-state index in [-0.39, 0.29) is 23.6 Å². The number of methoxy groups -OCH3 is 1. The molecule has 1 N–H and O–H groups in total. The third-order valence-electron chi connectivity index (χ3n) is 2.31. The van der Waals surface area contributed by atoms with E-state index in [1.165, 1.54) is 0 Å². The highest BCUT2D eigenvalue weighted by molar-refractivity contribution is 8.00. The molecule has 1 aliphatic rings. The lowest BCUT2D eigenvalue weighted by Crippen LogP contribution is -2.36. The van der Waals surface area contributed by atoms with E-state index in [9.17, 15) is 13.2 Å². The maximum absolute atomic E-state index is 11.8. The third-order valence-corrected chi connectivity index (χ3v) is 3.05. The van der Waals surface area contributed by atoms with Crippen LogP contribution in [0.15, 0.2) is 0 Å². The van der Waals surface area contributed by atoms with Gasteiger partial charge < -0.3 is 10.1 Å². The molecule has 1 atom stereocenters. The van der Waals surface area contributed by atoms with Gasteiger partial charge in [-0.25, -0.2) is 0 Å². The van der Waals surface area contributed by atoms with Crippen molar-refractivity contribution in [2.75, 3.05) is 26.0 Å². The normalized spacial score (nSPS) is 19.2. The number of rotatable bonds is 7. The minimum atomic E-state index is -4.11. The van der Waals surface area contributed by atoms with Gasteiger partial charge in [0, 0.05) is 25.4 Å². The highest BCUT2D eigenvalue weighted by Gasteiger charge is 2.31. The zero-order valence-electron chi connectivity index (χ0n) is 8.64. The van der Waals surface area contributed by atoms with Crippen LogP contribution in [0.3, 0.4) is 0 Å². The molecular weight excluding hydrogens is 227 g/mol. The van der Waals surface area contributed by atoms with Crippen molar-refractivity contribution in [2.45, 2.75) is 24.4 Å². The lowest BCUT2D eigenvalue weighted by atomic mass is 10.2. The van der Waals surface area contributed by atoms with E-state index < -0.39 is 5.51 Å². The van der Waals surface area contributed by atoms with Crippen molar-refractivity contribution in [2.24, 2.45) is 5.92 Å². The average molecular weight is 243 g/mol. The summed E-state index contributed by atoms with van der Waals surface area (Å²) < 4.78 is 40.4. The first-order valence-electron chi connectivity index (χ1n) is 4.96. The predicted octanol–water partition coefficient (Wildman–Crippen LogP) is 2.25. The number of thioether (sulfide) groups is 1. The lowest BCUT2D eigenvalue weighted by Gasteiger charge is -2.17. The highest BCUT2D eigenvalue weighted by atomic mass is 32.2. The molecule has 0 bridgehead atoms. The van der Waals surface area contributed by atoms with E-state index in [1.807, 2.05) is 0 Å². The summed E-state index contributed by atoms with van der Waals surface area (Å²) in [4.78, 5) is 0. The first kappa shape index (κ1) is 13.1. The number of hydrogen-bond acceptors (Lipinski definition) is 3. The van der Waals surface area contributed by atoms with Crippen molar-refractivity contribution in [3.8, 4) is 0 Å². The second kappa shape index (κ2) is 5.96. The molecule has 1 saturated carbocycles. The van der Waals surface area contributed by atoms with Gasteiger partial charge in [-0.1, -0.05) is 0 Å². The van der Waals surface area contributed by atoms with E-state index in [1.54, 1.807) is 7.11 Å². The molecule has 1 fully saturated rings. The molecule has 2 nitrogen and oxygen atoms in total. The molecule has 0 aromatic carbocycles. The minimum absolute atomic E-state index is 0.0225. The summed E-state index contributed by atoms with van der Waals surface area (Å²) in [6, 6.07) is 0.226. The maximum atomic E-state index is 11.8. The van der Waals surface area contributed by atoms with E-state index in [0.29, 0.717) is 19.1 Å². The fourth-order valence-corrected chi connectivity index (χ4v) is 1.90. The molecule has 0 aromatic heterocycles. The van der Waals surface area contributed by atoms with Crippen LogP contribution in [0.1, 0.15) is 12.8 Å². The van der Waals surface area contributed by atoms with Gasteiger partial charge in [0.1, 0.15) is 0 Å². The van der Waals surface area contributed by atoms with Gasteiger partial charge in [-0.2, -0.15) is 13.2 Å². The van der Waals surface area contributed by atoms with Gasteiger partial charge in [0.15, 0.2) is 0 Å². The van der Waals surface area contributed by atoms with Crippen LogP contribution in [-0.4, -0.2) is 37.6 Å². The molecule has 0 amide bonds. The molecule has 0 radical (unpaired) electrons. The Bertz CT molecular complexity index is 185. The molecule has 0 heterocycles. The van der Waals surface area contributed by atoms with Gasteiger partial charge >= 0.3 is 5.51 Å². The van der Waals surface area contributed by atoms with E-state index in [0.717, 1.165) is 12.8 Å². The zero-order valence-corrected chi connectivity index (χ0v) is 9.46. The van der Waals surface area contributed by atoms with Crippen LogP contribution >= 0.6 is 11.8 Å². The van der Waals surface area contributed by atoms with Gasteiger partial charge in [0.2, 0.25) is 0 Å². The Morgan fingerprint density at radius 1 is 1.47 bits per heavy atom. The third kappa shape index (κ3) is 6.27. The Hall–Kier alpha value is 0.0600. The number of ether oxygens (including phenoxy) is 1. The molecule has 15 heavy (non-hydrogen) atoms. The first-order chi connectivity index (χ1) is 7.03. The van der Waals surface area contributed by atoms with Crippen LogP contribution in [0.2, 0.25) is 0 Å². The molecule has 0 aliphatic heterocycles. The van der Waals surface area contributed by atoms with Crippen molar-refractivity contribution in [1.82, 2.24) is 5.32 Å². The van der Waals surface area contributed by atoms with Crippen molar-refractivity contribution >= 4 is 11.8 Å². The Morgan fingerprint density at radius 3 is 2.60 bits per heavy atom. The molecular formula is C9H16F3NOS. The van der Waals surface area contributed by atoms with Crippen LogP contribution in [0, 0.1) is 5.92 Å². The number of nitrogens with one attached hydrogen (secondary N) is 1. The summed E-state index contributed by atoms with van der Waals surface area (Å²) in [7, 11) is 1.61. The second-order valence-corrected chi connectivity index (χ2v) is 4.81. The summed E-state index contributed by atoms with van der Waals surface area (Å²) in [6.07, 6.45) is 2.32. The van der Waals surface area contributed by atoms with Crippen molar-refractivity contribution in [3.63, 3.8) is 0 Å². The Labute approximate surface area is 91.9 Å².